The van der Waals surface area contributed by atoms with E-state index < -0.39 is 12.0 Å². The van der Waals surface area contributed by atoms with Crippen LogP contribution in [0, 0.1) is 19.3 Å². The van der Waals surface area contributed by atoms with E-state index >= 15 is 0 Å². The number of hydrogen-bond acceptors (Lipinski definition) is 2. The molecule has 1 atom stereocenters. The number of benzene rings is 1. The molecule has 0 bridgehead atoms. The van der Waals surface area contributed by atoms with Crippen molar-refractivity contribution in [3.05, 3.63) is 29.3 Å². The van der Waals surface area contributed by atoms with Gasteiger partial charge in [-0.25, -0.2) is 9.59 Å². The number of urea groups is 1. The number of terminal acetylenes is 1. The second kappa shape index (κ2) is 7.19. The van der Waals surface area contributed by atoms with Crippen molar-refractivity contribution in [1.29, 1.82) is 0 Å². The van der Waals surface area contributed by atoms with Crippen LogP contribution in [0.2, 0.25) is 0 Å². The molecule has 2 amide bonds. The molecular formula is C15H18N2O3. The molecular weight excluding hydrogens is 256 g/mol. The Morgan fingerprint density at radius 3 is 2.70 bits per heavy atom. The predicted molar refractivity (Wildman–Crippen MR) is 77.8 cm³/mol. The molecule has 1 unspecified atom stereocenters. The first-order valence-electron chi connectivity index (χ1n) is 6.35. The minimum Gasteiger partial charge on any atom is -0.478 e. The molecule has 1 aromatic rings. The van der Waals surface area contributed by atoms with E-state index in [9.17, 15) is 9.59 Å². The summed E-state index contributed by atoms with van der Waals surface area (Å²) in [6, 6.07) is 3.78. The van der Waals surface area contributed by atoms with E-state index in [-0.39, 0.29) is 11.6 Å². The zero-order valence-electron chi connectivity index (χ0n) is 11.6. The molecule has 5 heteroatoms. The maximum atomic E-state index is 11.8. The molecule has 0 aliphatic carbocycles. The maximum Gasteiger partial charge on any atom is 0.335 e. The minimum atomic E-state index is -1.04. The van der Waals surface area contributed by atoms with E-state index in [1.54, 1.807) is 13.0 Å². The number of nitrogens with one attached hydrogen (secondary N) is 2. The summed E-state index contributed by atoms with van der Waals surface area (Å²) in [4.78, 5) is 22.7. The van der Waals surface area contributed by atoms with Gasteiger partial charge in [0.1, 0.15) is 0 Å². The van der Waals surface area contributed by atoms with Crippen LogP contribution in [0.15, 0.2) is 18.2 Å². The molecule has 3 N–H and O–H groups in total. The Hall–Kier alpha value is -2.48. The summed E-state index contributed by atoms with van der Waals surface area (Å²) in [5.41, 5.74) is 1.35. The van der Waals surface area contributed by atoms with Crippen molar-refractivity contribution in [2.45, 2.75) is 32.7 Å². The summed E-state index contributed by atoms with van der Waals surface area (Å²) in [6.45, 7) is 3.76. The fourth-order valence-electron chi connectivity index (χ4n) is 1.69. The molecule has 106 valence electrons. The number of carboxylic acids is 1. The summed E-state index contributed by atoms with van der Waals surface area (Å²) in [5.74, 6) is 1.46. The second-order valence-electron chi connectivity index (χ2n) is 4.44. The van der Waals surface area contributed by atoms with Crippen molar-refractivity contribution in [3.63, 3.8) is 0 Å². The number of carboxylic acid groups (broad SMARTS) is 1. The van der Waals surface area contributed by atoms with Crippen LogP contribution >= 0.6 is 0 Å². The number of amides is 2. The van der Waals surface area contributed by atoms with Crippen molar-refractivity contribution >= 4 is 17.7 Å². The highest BCUT2D eigenvalue weighted by Crippen LogP contribution is 2.17. The minimum absolute atomic E-state index is 0.118. The third-order valence-corrected chi connectivity index (χ3v) is 2.82. The van der Waals surface area contributed by atoms with Gasteiger partial charge in [-0.1, -0.05) is 25.3 Å². The van der Waals surface area contributed by atoms with E-state index in [0.717, 1.165) is 12.0 Å². The second-order valence-corrected chi connectivity index (χ2v) is 4.44. The Morgan fingerprint density at radius 2 is 2.15 bits per heavy atom. The first-order valence-corrected chi connectivity index (χ1v) is 6.35. The fourth-order valence-corrected chi connectivity index (χ4v) is 1.69. The number of rotatable bonds is 5. The SMILES string of the molecule is C#CC(CCC)NC(=O)Nc1cc(C(=O)O)ccc1C. The van der Waals surface area contributed by atoms with Crippen LogP contribution < -0.4 is 10.6 Å². The molecule has 0 aliphatic heterocycles. The molecule has 1 aromatic carbocycles. The van der Waals surface area contributed by atoms with Gasteiger partial charge in [-0.2, -0.15) is 0 Å². The van der Waals surface area contributed by atoms with Crippen molar-refractivity contribution in [3.8, 4) is 12.3 Å². The van der Waals surface area contributed by atoms with Crippen molar-refractivity contribution in [2.24, 2.45) is 0 Å². The third kappa shape index (κ3) is 4.32. The monoisotopic (exact) mass is 274 g/mol. The van der Waals surface area contributed by atoms with E-state index in [0.29, 0.717) is 12.1 Å². The lowest BCUT2D eigenvalue weighted by Crippen LogP contribution is -2.37. The first kappa shape index (κ1) is 15.6. The molecule has 0 aromatic heterocycles. The largest absolute Gasteiger partial charge is 0.478 e. The Kier molecular flexibility index (Phi) is 5.60. The molecule has 0 saturated heterocycles. The van der Waals surface area contributed by atoms with Gasteiger partial charge in [0, 0.05) is 5.69 Å². The van der Waals surface area contributed by atoms with Gasteiger partial charge >= 0.3 is 12.0 Å². The van der Waals surface area contributed by atoms with Crippen LogP contribution in [0.4, 0.5) is 10.5 Å². The van der Waals surface area contributed by atoms with E-state index in [4.69, 9.17) is 11.5 Å². The van der Waals surface area contributed by atoms with E-state index in [2.05, 4.69) is 16.6 Å². The van der Waals surface area contributed by atoms with Crippen molar-refractivity contribution in [2.75, 3.05) is 5.32 Å². The summed E-state index contributed by atoms with van der Waals surface area (Å²) in [6.07, 6.45) is 6.88. The van der Waals surface area contributed by atoms with Crippen LogP contribution in [0.1, 0.15) is 35.7 Å². The Morgan fingerprint density at radius 1 is 1.45 bits per heavy atom. The summed E-state index contributed by atoms with van der Waals surface area (Å²) < 4.78 is 0. The van der Waals surface area contributed by atoms with Crippen LogP contribution in [0.25, 0.3) is 0 Å². The molecule has 5 nitrogen and oxygen atoms in total. The fraction of sp³-hybridized carbons (Fsp3) is 0.333. The third-order valence-electron chi connectivity index (χ3n) is 2.82. The van der Waals surface area contributed by atoms with E-state index in [1.165, 1.54) is 12.1 Å². The zero-order valence-corrected chi connectivity index (χ0v) is 11.6. The summed E-state index contributed by atoms with van der Waals surface area (Å²) in [7, 11) is 0. The average molecular weight is 274 g/mol. The van der Waals surface area contributed by atoms with E-state index in [1.807, 2.05) is 6.92 Å². The van der Waals surface area contributed by atoms with Crippen LogP contribution in [0.5, 0.6) is 0 Å². The molecule has 0 aliphatic rings. The standard InChI is InChI=1S/C15H18N2O3/c1-4-6-12(5-2)16-15(20)17-13-9-11(14(18)19)8-7-10(13)3/h2,7-9,12H,4,6H2,1,3H3,(H,18,19)(H2,16,17,20). The quantitative estimate of drug-likeness (QED) is 0.722. The van der Waals surface area contributed by atoms with Crippen molar-refractivity contribution in [1.82, 2.24) is 5.32 Å². The Bertz CT molecular complexity index is 547. The van der Waals surface area contributed by atoms with Crippen molar-refractivity contribution < 1.29 is 14.7 Å². The highest BCUT2D eigenvalue weighted by molar-refractivity contribution is 5.94. The molecule has 0 heterocycles. The number of carbonyl (C=O) groups excluding carboxylic acids is 1. The van der Waals surface area contributed by atoms with Gasteiger partial charge in [-0.15, -0.1) is 6.42 Å². The highest BCUT2D eigenvalue weighted by Gasteiger charge is 2.11. The topological polar surface area (TPSA) is 78.4 Å². The van der Waals surface area contributed by atoms with Gasteiger partial charge in [0.15, 0.2) is 0 Å². The normalized spacial score (nSPS) is 11.2. The summed E-state index contributed by atoms with van der Waals surface area (Å²) >= 11 is 0. The lowest BCUT2D eigenvalue weighted by Gasteiger charge is -2.14. The van der Waals surface area contributed by atoms with Crippen LogP contribution in [-0.2, 0) is 0 Å². The number of aryl methyl sites for hydroxylation is 1. The molecule has 1 rings (SSSR count). The molecule has 0 spiro atoms. The number of hydrogen-bond donors (Lipinski definition) is 3. The molecule has 0 radical (unpaired) electrons. The average Bonchev–Trinajstić information content (AvgIpc) is 2.40. The Labute approximate surface area is 118 Å². The van der Waals surface area contributed by atoms with Crippen LogP contribution in [0.3, 0.4) is 0 Å². The predicted octanol–water partition coefficient (Wildman–Crippen LogP) is 2.62. The zero-order chi connectivity index (χ0) is 15.1. The molecule has 20 heavy (non-hydrogen) atoms. The Balaban J connectivity index is 2.77. The van der Waals surface area contributed by atoms with Gasteiger partial charge in [0.05, 0.1) is 11.6 Å². The number of carbonyl (C=O) groups is 2. The van der Waals surface area contributed by atoms with Gasteiger partial charge in [-0.3, -0.25) is 0 Å². The van der Waals surface area contributed by atoms with Gasteiger partial charge in [-0.05, 0) is 31.0 Å². The maximum absolute atomic E-state index is 11.8. The lowest BCUT2D eigenvalue weighted by atomic mass is 10.1. The summed E-state index contributed by atoms with van der Waals surface area (Å²) in [5, 5.41) is 14.2. The molecule has 0 saturated carbocycles. The van der Waals surface area contributed by atoms with Gasteiger partial charge in [0.25, 0.3) is 0 Å². The van der Waals surface area contributed by atoms with Gasteiger partial charge in [0.2, 0.25) is 0 Å². The highest BCUT2D eigenvalue weighted by atomic mass is 16.4. The van der Waals surface area contributed by atoms with Crippen LogP contribution in [-0.4, -0.2) is 23.1 Å². The number of aromatic carboxylic acids is 1. The number of anilines is 1. The first-order chi connectivity index (χ1) is 9.47. The van der Waals surface area contributed by atoms with Gasteiger partial charge < -0.3 is 15.7 Å². The lowest BCUT2D eigenvalue weighted by molar-refractivity contribution is 0.0697. The molecule has 0 fully saturated rings. The smallest absolute Gasteiger partial charge is 0.335 e.